The standard InChI is InChI=1S/C23H21N3O6S/c1-33-15-5-3-14(4-6-15)21-20-16(11-30-22(20)28)26(23(29)25-21)10-19(27)24-9-13-2-7-17-18(8-13)32-12-31-17/h2-8,21H,9-12H2,1H3,(H,24,27)(H,25,29). The number of cyclic esters (lactones) is 1. The molecule has 3 aliphatic rings. The number of benzene rings is 2. The molecule has 9 nitrogen and oxygen atoms in total. The number of carbonyl (C=O) groups excluding carboxylic acids is 3. The van der Waals surface area contributed by atoms with Gasteiger partial charge in [-0.25, -0.2) is 9.59 Å². The van der Waals surface area contributed by atoms with Crippen LogP contribution in [0.25, 0.3) is 0 Å². The highest BCUT2D eigenvalue weighted by atomic mass is 32.2. The summed E-state index contributed by atoms with van der Waals surface area (Å²) in [6.45, 7) is 0.160. The maximum atomic E-state index is 12.9. The van der Waals surface area contributed by atoms with Gasteiger partial charge in [-0.1, -0.05) is 18.2 Å². The molecule has 0 saturated heterocycles. The van der Waals surface area contributed by atoms with Gasteiger partial charge in [0.15, 0.2) is 11.5 Å². The summed E-state index contributed by atoms with van der Waals surface area (Å²) in [6.07, 6.45) is 1.97. The first-order valence-electron chi connectivity index (χ1n) is 10.3. The van der Waals surface area contributed by atoms with E-state index in [1.165, 1.54) is 4.90 Å². The number of rotatable bonds is 6. The molecule has 0 fully saturated rings. The monoisotopic (exact) mass is 467 g/mol. The van der Waals surface area contributed by atoms with Crippen LogP contribution in [0.3, 0.4) is 0 Å². The summed E-state index contributed by atoms with van der Waals surface area (Å²) in [7, 11) is 0. The Kier molecular flexibility index (Phi) is 5.59. The number of hydrogen-bond acceptors (Lipinski definition) is 7. The zero-order chi connectivity index (χ0) is 22.9. The molecule has 10 heteroatoms. The Morgan fingerprint density at radius 1 is 1.12 bits per heavy atom. The predicted octanol–water partition coefficient (Wildman–Crippen LogP) is 2.33. The lowest BCUT2D eigenvalue weighted by atomic mass is 9.96. The van der Waals surface area contributed by atoms with Crippen molar-refractivity contribution in [2.45, 2.75) is 17.5 Å². The van der Waals surface area contributed by atoms with Crippen molar-refractivity contribution in [3.8, 4) is 11.5 Å². The van der Waals surface area contributed by atoms with Crippen molar-refractivity contribution in [3.63, 3.8) is 0 Å². The highest BCUT2D eigenvalue weighted by molar-refractivity contribution is 7.98. The zero-order valence-electron chi connectivity index (χ0n) is 17.8. The van der Waals surface area contributed by atoms with E-state index < -0.39 is 18.0 Å². The first-order valence-corrected chi connectivity index (χ1v) is 11.5. The van der Waals surface area contributed by atoms with E-state index in [9.17, 15) is 14.4 Å². The number of nitrogens with one attached hydrogen (secondary N) is 2. The Labute approximate surface area is 194 Å². The molecule has 1 unspecified atom stereocenters. The Balaban J connectivity index is 1.30. The average molecular weight is 468 g/mol. The van der Waals surface area contributed by atoms with E-state index in [0.717, 1.165) is 16.0 Å². The van der Waals surface area contributed by atoms with Gasteiger partial charge < -0.3 is 24.8 Å². The summed E-state index contributed by atoms with van der Waals surface area (Å²) in [5.41, 5.74) is 2.39. The number of esters is 1. The van der Waals surface area contributed by atoms with E-state index in [1.54, 1.807) is 23.9 Å². The van der Waals surface area contributed by atoms with Crippen LogP contribution in [0.1, 0.15) is 17.2 Å². The van der Waals surface area contributed by atoms with E-state index >= 15 is 0 Å². The number of nitrogens with zero attached hydrogens (tertiary/aromatic N) is 1. The van der Waals surface area contributed by atoms with E-state index in [1.807, 2.05) is 36.6 Å². The second-order valence-corrected chi connectivity index (χ2v) is 8.52. The van der Waals surface area contributed by atoms with Crippen molar-refractivity contribution < 1.29 is 28.6 Å². The Morgan fingerprint density at radius 3 is 2.70 bits per heavy atom. The average Bonchev–Trinajstić information content (AvgIpc) is 3.46. The summed E-state index contributed by atoms with van der Waals surface area (Å²) >= 11 is 1.60. The number of carbonyl (C=O) groups is 3. The van der Waals surface area contributed by atoms with Gasteiger partial charge in [0.2, 0.25) is 12.7 Å². The Morgan fingerprint density at radius 2 is 1.91 bits per heavy atom. The summed E-state index contributed by atoms with van der Waals surface area (Å²) in [5.74, 6) is 0.440. The van der Waals surface area contributed by atoms with Crippen molar-refractivity contribution in [2.75, 3.05) is 26.2 Å². The van der Waals surface area contributed by atoms with Crippen molar-refractivity contribution in [3.05, 3.63) is 64.9 Å². The normalized spacial score (nSPS) is 18.7. The fraction of sp³-hybridized carbons (Fsp3) is 0.261. The molecule has 3 aliphatic heterocycles. The molecule has 5 rings (SSSR count). The maximum absolute atomic E-state index is 12.9. The first-order chi connectivity index (χ1) is 16.0. The highest BCUT2D eigenvalue weighted by Crippen LogP contribution is 2.35. The van der Waals surface area contributed by atoms with E-state index in [-0.39, 0.29) is 32.4 Å². The Hall–Kier alpha value is -3.66. The quantitative estimate of drug-likeness (QED) is 0.496. The van der Waals surface area contributed by atoms with Crippen LogP contribution in [-0.4, -0.2) is 49.0 Å². The molecule has 3 heterocycles. The van der Waals surface area contributed by atoms with Crippen LogP contribution >= 0.6 is 11.8 Å². The van der Waals surface area contributed by atoms with Crippen LogP contribution in [0.4, 0.5) is 4.79 Å². The van der Waals surface area contributed by atoms with E-state index in [4.69, 9.17) is 14.2 Å². The summed E-state index contributed by atoms with van der Waals surface area (Å²) in [4.78, 5) is 40.3. The molecule has 0 saturated carbocycles. The van der Waals surface area contributed by atoms with Crippen LogP contribution in [-0.2, 0) is 20.9 Å². The number of urea groups is 1. The van der Waals surface area contributed by atoms with E-state index in [2.05, 4.69) is 10.6 Å². The van der Waals surface area contributed by atoms with Gasteiger partial charge >= 0.3 is 12.0 Å². The summed E-state index contributed by atoms with van der Waals surface area (Å²) in [5, 5.41) is 5.64. The molecule has 0 aromatic heterocycles. The van der Waals surface area contributed by atoms with Crippen LogP contribution < -0.4 is 20.1 Å². The van der Waals surface area contributed by atoms with Crippen LogP contribution in [0.15, 0.2) is 58.6 Å². The molecule has 0 radical (unpaired) electrons. The molecule has 2 N–H and O–H groups in total. The van der Waals surface area contributed by atoms with Crippen molar-refractivity contribution in [2.24, 2.45) is 0 Å². The molecule has 170 valence electrons. The molecule has 0 aliphatic carbocycles. The van der Waals surface area contributed by atoms with Gasteiger partial charge in [-0.2, -0.15) is 0 Å². The van der Waals surface area contributed by atoms with Crippen LogP contribution in [0.2, 0.25) is 0 Å². The lowest BCUT2D eigenvalue weighted by Crippen LogP contribution is -2.50. The molecule has 2 aromatic carbocycles. The minimum Gasteiger partial charge on any atom is -0.456 e. The molecule has 33 heavy (non-hydrogen) atoms. The molecule has 1 atom stereocenters. The van der Waals surface area contributed by atoms with Crippen LogP contribution in [0.5, 0.6) is 11.5 Å². The lowest BCUT2D eigenvalue weighted by Gasteiger charge is -2.32. The lowest BCUT2D eigenvalue weighted by molar-refractivity contribution is -0.136. The minimum atomic E-state index is -0.619. The highest BCUT2D eigenvalue weighted by Gasteiger charge is 2.42. The van der Waals surface area contributed by atoms with Gasteiger partial charge in [0, 0.05) is 11.4 Å². The number of thioether (sulfide) groups is 1. The maximum Gasteiger partial charge on any atom is 0.338 e. The van der Waals surface area contributed by atoms with Crippen molar-refractivity contribution in [1.29, 1.82) is 0 Å². The van der Waals surface area contributed by atoms with Gasteiger partial charge in [0.05, 0.1) is 17.3 Å². The van der Waals surface area contributed by atoms with Crippen LogP contribution in [0, 0.1) is 0 Å². The summed E-state index contributed by atoms with van der Waals surface area (Å²) < 4.78 is 15.9. The summed E-state index contributed by atoms with van der Waals surface area (Å²) in [6, 6.07) is 12.0. The van der Waals surface area contributed by atoms with E-state index in [0.29, 0.717) is 22.8 Å². The number of ether oxygens (including phenoxy) is 3. The zero-order valence-corrected chi connectivity index (χ0v) is 18.6. The van der Waals surface area contributed by atoms with Gasteiger partial charge in [0.25, 0.3) is 0 Å². The fourth-order valence-electron chi connectivity index (χ4n) is 3.98. The fourth-order valence-corrected chi connectivity index (χ4v) is 4.38. The molecule has 2 aromatic rings. The third-order valence-electron chi connectivity index (χ3n) is 5.68. The van der Waals surface area contributed by atoms with Crippen molar-refractivity contribution in [1.82, 2.24) is 15.5 Å². The van der Waals surface area contributed by atoms with Crippen molar-refractivity contribution >= 4 is 29.7 Å². The third-order valence-corrected chi connectivity index (χ3v) is 6.42. The van der Waals surface area contributed by atoms with Gasteiger partial charge in [-0.05, 0) is 41.6 Å². The molecular formula is C23H21N3O6S. The molecule has 0 spiro atoms. The largest absolute Gasteiger partial charge is 0.456 e. The number of hydrogen-bond donors (Lipinski definition) is 2. The molecule has 0 bridgehead atoms. The smallest absolute Gasteiger partial charge is 0.338 e. The predicted molar refractivity (Wildman–Crippen MR) is 119 cm³/mol. The molecule has 3 amide bonds. The Bertz CT molecular complexity index is 1160. The number of amides is 3. The number of fused-ring (bicyclic) bond motifs is 1. The molecular weight excluding hydrogens is 446 g/mol. The SMILES string of the molecule is CSc1ccc(C2NC(=O)N(CC(=O)NCc3ccc4c(c3)OCO4)C3=C2C(=O)OC3)cc1. The van der Waals surface area contributed by atoms with Gasteiger partial charge in [-0.15, -0.1) is 11.8 Å². The third kappa shape index (κ3) is 4.09. The van der Waals surface area contributed by atoms with Gasteiger partial charge in [0.1, 0.15) is 13.2 Å². The van der Waals surface area contributed by atoms with Gasteiger partial charge in [-0.3, -0.25) is 9.69 Å². The minimum absolute atomic E-state index is 0.0452. The topological polar surface area (TPSA) is 106 Å². The first kappa shape index (κ1) is 21.2. The second kappa shape index (κ2) is 8.70. The second-order valence-electron chi connectivity index (χ2n) is 7.64.